The number of methoxy groups -OCH3 is 1. The molecule has 0 aliphatic carbocycles. The molecule has 2 aromatic rings. The van der Waals surface area contributed by atoms with E-state index >= 15 is 0 Å². The van der Waals surface area contributed by atoms with Gasteiger partial charge in [-0.05, 0) is 32.0 Å². The Morgan fingerprint density at radius 3 is 2.54 bits per heavy atom. The number of esters is 1. The Kier molecular flexibility index (Phi) is 5.30. The molecule has 1 aromatic carbocycles. The summed E-state index contributed by atoms with van der Waals surface area (Å²) in [7, 11) is 1.04. The van der Waals surface area contributed by atoms with Crippen LogP contribution in [0.15, 0.2) is 29.4 Å². The predicted octanol–water partition coefficient (Wildman–Crippen LogP) is 3.32. The molecule has 136 valence electrons. The van der Waals surface area contributed by atoms with Gasteiger partial charge in [0, 0.05) is 6.07 Å². The van der Waals surface area contributed by atoms with E-state index in [1.54, 1.807) is 13.8 Å². The summed E-state index contributed by atoms with van der Waals surface area (Å²) in [4.78, 5) is 16.9. The molecule has 26 heavy (non-hydrogen) atoms. The van der Waals surface area contributed by atoms with Crippen molar-refractivity contribution in [2.24, 2.45) is 5.16 Å². The Bertz CT molecular complexity index is 906. The summed E-state index contributed by atoms with van der Waals surface area (Å²) in [5.74, 6) is -0.890. The zero-order chi connectivity index (χ0) is 19.5. The number of hydrogen-bond acceptors (Lipinski definition) is 6. The Morgan fingerprint density at radius 1 is 1.31 bits per heavy atom. The fourth-order valence-electron chi connectivity index (χ4n) is 1.92. The van der Waals surface area contributed by atoms with Crippen molar-refractivity contribution in [1.29, 1.82) is 5.26 Å². The van der Waals surface area contributed by atoms with Crippen LogP contribution in [-0.4, -0.2) is 28.6 Å². The molecule has 2 rings (SSSR count). The SMILES string of the molecule is COC(=O)c1cc(C(F)(F)F)nn1-c1ccc(ON=C(C)C)c(C#N)c1. The number of carbonyl (C=O) groups excluding carboxylic acids is 1. The van der Waals surface area contributed by atoms with E-state index in [-0.39, 0.29) is 17.0 Å². The van der Waals surface area contributed by atoms with Gasteiger partial charge in [-0.1, -0.05) is 5.16 Å². The Morgan fingerprint density at radius 2 is 2.00 bits per heavy atom. The standard InChI is InChI=1S/C16H13F3N4O3/c1-9(2)22-26-13-5-4-11(6-10(13)8-20)23-12(15(24)25-3)7-14(21-23)16(17,18)19/h4-7H,1-3H3. The molecule has 10 heteroatoms. The molecule has 0 saturated heterocycles. The number of halogens is 3. The van der Waals surface area contributed by atoms with Crippen molar-refractivity contribution >= 4 is 11.7 Å². The lowest BCUT2D eigenvalue weighted by molar-refractivity contribution is -0.141. The average Bonchev–Trinajstić information content (AvgIpc) is 3.04. The number of aromatic nitrogens is 2. The zero-order valence-corrected chi connectivity index (χ0v) is 14.0. The minimum Gasteiger partial charge on any atom is -0.464 e. The molecule has 7 nitrogen and oxygen atoms in total. The molecular weight excluding hydrogens is 353 g/mol. The smallest absolute Gasteiger partial charge is 0.435 e. The number of benzene rings is 1. The van der Waals surface area contributed by atoms with Crippen molar-refractivity contribution in [3.63, 3.8) is 0 Å². The van der Waals surface area contributed by atoms with E-state index in [0.717, 1.165) is 11.8 Å². The molecule has 0 fully saturated rings. The van der Waals surface area contributed by atoms with Crippen LogP contribution in [0.5, 0.6) is 5.75 Å². The third kappa shape index (κ3) is 4.00. The van der Waals surface area contributed by atoms with Crippen molar-refractivity contribution in [2.75, 3.05) is 7.11 Å². The highest BCUT2D eigenvalue weighted by molar-refractivity contribution is 5.88. The molecule has 0 aliphatic heterocycles. The number of alkyl halides is 3. The topological polar surface area (TPSA) is 89.5 Å². The van der Waals surface area contributed by atoms with Crippen molar-refractivity contribution < 1.29 is 27.5 Å². The Labute approximate surface area is 146 Å². The third-order valence-electron chi connectivity index (χ3n) is 3.05. The first-order chi connectivity index (χ1) is 12.2. The normalized spacial score (nSPS) is 10.8. The van der Waals surface area contributed by atoms with E-state index in [9.17, 15) is 23.2 Å². The molecule has 0 bridgehead atoms. The van der Waals surface area contributed by atoms with E-state index in [1.165, 1.54) is 18.2 Å². The molecule has 0 N–H and O–H groups in total. The molecule has 0 spiro atoms. The molecule has 0 amide bonds. The summed E-state index contributed by atoms with van der Waals surface area (Å²) in [5, 5.41) is 16.4. The van der Waals surface area contributed by atoms with Crippen LogP contribution in [0, 0.1) is 11.3 Å². The number of ether oxygens (including phenoxy) is 1. The Hall–Kier alpha value is -3.35. The Balaban J connectivity index is 2.57. The fourth-order valence-corrected chi connectivity index (χ4v) is 1.92. The molecule has 0 aliphatic rings. The van der Waals surface area contributed by atoms with Crippen LogP contribution in [0.1, 0.15) is 35.6 Å². The molecule has 1 heterocycles. The van der Waals surface area contributed by atoms with E-state index in [1.807, 2.05) is 6.07 Å². The van der Waals surface area contributed by atoms with Crippen LogP contribution >= 0.6 is 0 Å². The molecule has 1 aromatic heterocycles. The second-order valence-corrected chi connectivity index (χ2v) is 5.24. The highest BCUT2D eigenvalue weighted by atomic mass is 19.4. The molecule has 0 unspecified atom stereocenters. The lowest BCUT2D eigenvalue weighted by Crippen LogP contribution is -2.11. The second kappa shape index (κ2) is 7.26. The van der Waals surface area contributed by atoms with Crippen molar-refractivity contribution in [2.45, 2.75) is 20.0 Å². The lowest BCUT2D eigenvalue weighted by Gasteiger charge is -2.08. The summed E-state index contributed by atoms with van der Waals surface area (Å²) >= 11 is 0. The quantitative estimate of drug-likeness (QED) is 0.470. The van der Waals surface area contributed by atoms with Crippen LogP contribution in [0.2, 0.25) is 0 Å². The maximum Gasteiger partial charge on any atom is 0.435 e. The minimum atomic E-state index is -4.75. The first-order valence-corrected chi connectivity index (χ1v) is 7.15. The second-order valence-electron chi connectivity index (χ2n) is 5.24. The van der Waals surface area contributed by atoms with Crippen LogP contribution in [0.3, 0.4) is 0 Å². The van der Waals surface area contributed by atoms with Gasteiger partial charge >= 0.3 is 12.1 Å². The number of carbonyl (C=O) groups is 1. The van der Waals surface area contributed by atoms with Crippen LogP contribution in [-0.2, 0) is 10.9 Å². The first kappa shape index (κ1) is 19.0. The van der Waals surface area contributed by atoms with Gasteiger partial charge in [0.2, 0.25) is 0 Å². The number of nitrogens with zero attached hydrogens (tertiary/aromatic N) is 4. The summed E-state index contributed by atoms with van der Waals surface area (Å²) in [5.41, 5.74) is -1.02. The molecular formula is C16H13F3N4O3. The largest absolute Gasteiger partial charge is 0.464 e. The van der Waals surface area contributed by atoms with Gasteiger partial charge in [0.15, 0.2) is 17.1 Å². The van der Waals surface area contributed by atoms with Crippen LogP contribution < -0.4 is 4.84 Å². The highest BCUT2D eigenvalue weighted by Crippen LogP contribution is 2.30. The highest BCUT2D eigenvalue weighted by Gasteiger charge is 2.36. The zero-order valence-electron chi connectivity index (χ0n) is 14.0. The number of hydrogen-bond donors (Lipinski definition) is 0. The van der Waals surface area contributed by atoms with Gasteiger partial charge in [-0.25, -0.2) is 9.48 Å². The van der Waals surface area contributed by atoms with Crippen molar-refractivity contribution in [3.8, 4) is 17.5 Å². The van der Waals surface area contributed by atoms with E-state index in [4.69, 9.17) is 4.84 Å². The van der Waals surface area contributed by atoms with Gasteiger partial charge in [0.1, 0.15) is 6.07 Å². The van der Waals surface area contributed by atoms with Crippen LogP contribution in [0.4, 0.5) is 13.2 Å². The van der Waals surface area contributed by atoms with Crippen molar-refractivity contribution in [1.82, 2.24) is 9.78 Å². The first-order valence-electron chi connectivity index (χ1n) is 7.15. The molecule has 0 saturated carbocycles. The minimum absolute atomic E-state index is 0.00683. The summed E-state index contributed by atoms with van der Waals surface area (Å²) in [6.07, 6.45) is -4.75. The summed E-state index contributed by atoms with van der Waals surface area (Å²) in [6, 6.07) is 6.35. The van der Waals surface area contributed by atoms with E-state index < -0.39 is 23.5 Å². The predicted molar refractivity (Wildman–Crippen MR) is 84.0 cm³/mol. The third-order valence-corrected chi connectivity index (χ3v) is 3.05. The molecule has 0 atom stereocenters. The van der Waals surface area contributed by atoms with E-state index in [0.29, 0.717) is 11.8 Å². The van der Waals surface area contributed by atoms with Gasteiger partial charge in [-0.2, -0.15) is 23.5 Å². The summed E-state index contributed by atoms with van der Waals surface area (Å²) in [6.45, 7) is 3.37. The van der Waals surface area contributed by atoms with Gasteiger partial charge in [-0.3, -0.25) is 0 Å². The van der Waals surface area contributed by atoms with Gasteiger partial charge in [0.05, 0.1) is 24.1 Å². The maximum absolute atomic E-state index is 12.9. The van der Waals surface area contributed by atoms with Crippen LogP contribution in [0.25, 0.3) is 5.69 Å². The summed E-state index contributed by atoms with van der Waals surface area (Å²) < 4.78 is 44.1. The lowest BCUT2D eigenvalue weighted by atomic mass is 10.2. The van der Waals surface area contributed by atoms with Gasteiger partial charge in [0.25, 0.3) is 0 Å². The van der Waals surface area contributed by atoms with Gasteiger partial charge in [-0.15, -0.1) is 0 Å². The maximum atomic E-state index is 12.9. The number of rotatable bonds is 4. The monoisotopic (exact) mass is 366 g/mol. The van der Waals surface area contributed by atoms with Gasteiger partial charge < -0.3 is 9.57 Å². The van der Waals surface area contributed by atoms with E-state index in [2.05, 4.69) is 15.0 Å². The number of nitriles is 1. The number of oxime groups is 1. The van der Waals surface area contributed by atoms with Crippen molar-refractivity contribution in [3.05, 3.63) is 41.2 Å². The average molecular weight is 366 g/mol. The molecule has 0 radical (unpaired) electrons. The fraction of sp³-hybridized carbons (Fsp3) is 0.250.